The molecular formula is C26H34N2O2. The summed E-state index contributed by atoms with van der Waals surface area (Å²) in [5, 5.41) is 11.8. The Labute approximate surface area is 180 Å². The predicted octanol–water partition coefficient (Wildman–Crippen LogP) is 4.01. The Morgan fingerprint density at radius 2 is 1.93 bits per heavy atom. The molecule has 2 atom stereocenters. The van der Waals surface area contributed by atoms with Crippen LogP contribution in [-0.2, 0) is 0 Å². The Morgan fingerprint density at radius 3 is 2.60 bits per heavy atom. The molecule has 2 aromatic carbocycles. The zero-order chi connectivity index (χ0) is 21.9. The first-order valence-corrected chi connectivity index (χ1v) is 10.8. The first-order chi connectivity index (χ1) is 14.2. The average Bonchev–Trinajstić information content (AvgIpc) is 2.93. The largest absolute Gasteiger partial charge is 0.396 e. The molecule has 0 radical (unpaired) electrons. The fourth-order valence-electron chi connectivity index (χ4n) is 3.95. The molecule has 1 heterocycles. The zero-order valence-corrected chi connectivity index (χ0v) is 18.9. The van der Waals surface area contributed by atoms with Crippen LogP contribution < -0.4 is 0 Å². The monoisotopic (exact) mass is 406 g/mol. The van der Waals surface area contributed by atoms with Crippen LogP contribution >= 0.6 is 0 Å². The molecule has 0 aromatic heterocycles. The molecule has 1 aliphatic heterocycles. The van der Waals surface area contributed by atoms with Gasteiger partial charge in [-0.05, 0) is 82.6 Å². The number of benzene rings is 2. The molecule has 1 aliphatic rings. The first kappa shape index (κ1) is 22.3. The number of likely N-dealkylation sites (N-methyl/N-ethyl adjacent to an activating group) is 1. The third-order valence-corrected chi connectivity index (χ3v) is 5.79. The van der Waals surface area contributed by atoms with Gasteiger partial charge in [0.05, 0.1) is 0 Å². The van der Waals surface area contributed by atoms with Gasteiger partial charge in [0, 0.05) is 42.3 Å². The van der Waals surface area contributed by atoms with Crippen molar-refractivity contribution in [1.82, 2.24) is 9.80 Å². The Morgan fingerprint density at radius 1 is 1.17 bits per heavy atom. The van der Waals surface area contributed by atoms with Gasteiger partial charge in [-0.2, -0.15) is 0 Å². The summed E-state index contributed by atoms with van der Waals surface area (Å²) in [7, 11) is 4.12. The van der Waals surface area contributed by atoms with Gasteiger partial charge in [-0.25, -0.2) is 0 Å². The van der Waals surface area contributed by atoms with Crippen LogP contribution in [0.25, 0.3) is 10.8 Å². The second-order valence-corrected chi connectivity index (χ2v) is 9.70. The molecule has 0 aliphatic carbocycles. The molecule has 0 spiro atoms. The second-order valence-electron chi connectivity index (χ2n) is 9.70. The maximum Gasteiger partial charge on any atom is 0.253 e. The number of aliphatic hydroxyl groups is 1. The van der Waals surface area contributed by atoms with Crippen LogP contribution in [0.5, 0.6) is 0 Å². The van der Waals surface area contributed by atoms with E-state index in [9.17, 15) is 9.90 Å². The van der Waals surface area contributed by atoms with Crippen molar-refractivity contribution in [3.8, 4) is 11.8 Å². The lowest BCUT2D eigenvalue weighted by molar-refractivity contribution is 0.0689. The summed E-state index contributed by atoms with van der Waals surface area (Å²) in [4.78, 5) is 17.5. The van der Waals surface area contributed by atoms with E-state index in [4.69, 9.17) is 0 Å². The van der Waals surface area contributed by atoms with Crippen LogP contribution in [0.2, 0.25) is 0 Å². The predicted molar refractivity (Wildman–Crippen MR) is 123 cm³/mol. The molecule has 4 nitrogen and oxygen atoms in total. The number of nitrogens with zero attached hydrogens (tertiary/aromatic N) is 2. The van der Waals surface area contributed by atoms with E-state index in [0.29, 0.717) is 24.7 Å². The summed E-state index contributed by atoms with van der Waals surface area (Å²) >= 11 is 0. The number of hydrogen-bond acceptors (Lipinski definition) is 3. The average molecular weight is 407 g/mol. The number of fused-ring (bicyclic) bond motifs is 1. The van der Waals surface area contributed by atoms with Gasteiger partial charge in [0.25, 0.3) is 5.91 Å². The third kappa shape index (κ3) is 5.41. The number of hydrogen-bond donors (Lipinski definition) is 1. The topological polar surface area (TPSA) is 43.8 Å². The molecule has 2 aromatic rings. The number of aliphatic hydroxyl groups excluding tert-OH is 1. The number of likely N-dealkylation sites (tertiary alicyclic amines) is 1. The summed E-state index contributed by atoms with van der Waals surface area (Å²) in [6, 6.07) is 12.3. The maximum atomic E-state index is 13.4. The van der Waals surface area contributed by atoms with Crippen LogP contribution in [0.4, 0.5) is 0 Å². The number of carbonyl (C=O) groups excluding carboxylic acids is 1. The summed E-state index contributed by atoms with van der Waals surface area (Å²) in [6.07, 6.45) is 1.94. The fourth-order valence-corrected chi connectivity index (χ4v) is 3.95. The maximum absolute atomic E-state index is 13.4. The van der Waals surface area contributed by atoms with E-state index in [1.165, 1.54) is 0 Å². The standard InChI is InChI=1S/C26H34N2O2/c1-26(2,3)14-13-20-7-6-8-21-15-22(10-12-24(20)21)25(30)28-16-19(18-29)9-11-23(17-28)27(4)5/h6-8,10,12,15,19,23,29H,9,11,16-18H2,1-5H3/t19-,23+/m0/s1. The van der Waals surface area contributed by atoms with E-state index in [1.54, 1.807) is 0 Å². The minimum atomic E-state index is -0.0585. The van der Waals surface area contributed by atoms with Crippen LogP contribution in [0.3, 0.4) is 0 Å². The molecule has 0 bridgehead atoms. The smallest absolute Gasteiger partial charge is 0.253 e. The quantitative estimate of drug-likeness (QED) is 0.783. The lowest BCUT2D eigenvalue weighted by atomic mass is 9.96. The van der Waals surface area contributed by atoms with E-state index >= 15 is 0 Å². The molecule has 1 amide bonds. The summed E-state index contributed by atoms with van der Waals surface area (Å²) in [5.41, 5.74) is 1.63. The molecule has 3 rings (SSSR count). The molecule has 0 saturated carbocycles. The van der Waals surface area contributed by atoms with Gasteiger partial charge >= 0.3 is 0 Å². The van der Waals surface area contributed by atoms with Crippen molar-refractivity contribution in [2.24, 2.45) is 11.3 Å². The normalized spacial score (nSPS) is 20.0. The fraction of sp³-hybridized carbons (Fsp3) is 0.500. The van der Waals surface area contributed by atoms with Gasteiger partial charge in [-0.3, -0.25) is 4.79 Å². The molecule has 30 heavy (non-hydrogen) atoms. The number of rotatable bonds is 3. The van der Waals surface area contributed by atoms with E-state index in [-0.39, 0.29) is 23.8 Å². The van der Waals surface area contributed by atoms with Crippen molar-refractivity contribution in [2.75, 3.05) is 33.8 Å². The van der Waals surface area contributed by atoms with E-state index in [0.717, 1.165) is 29.2 Å². The summed E-state index contributed by atoms with van der Waals surface area (Å²) in [6.45, 7) is 7.72. The SMILES string of the molecule is CN(C)[C@@H]1CC[C@H](CO)CN(C(=O)c2ccc3c(C#CC(C)(C)C)cccc3c2)C1. The molecule has 4 heteroatoms. The molecule has 1 fully saturated rings. The van der Waals surface area contributed by atoms with Crippen molar-refractivity contribution < 1.29 is 9.90 Å². The minimum absolute atomic E-state index is 0.0373. The molecular weight excluding hydrogens is 372 g/mol. The highest BCUT2D eigenvalue weighted by atomic mass is 16.3. The Hall–Kier alpha value is -2.35. The summed E-state index contributed by atoms with van der Waals surface area (Å²) in [5.74, 6) is 6.78. The lowest BCUT2D eigenvalue weighted by Gasteiger charge is -2.29. The highest BCUT2D eigenvalue weighted by Gasteiger charge is 2.28. The summed E-state index contributed by atoms with van der Waals surface area (Å²) < 4.78 is 0. The molecule has 1 saturated heterocycles. The minimum Gasteiger partial charge on any atom is -0.396 e. The van der Waals surface area contributed by atoms with E-state index in [2.05, 4.69) is 51.6 Å². The van der Waals surface area contributed by atoms with Crippen LogP contribution in [0.1, 0.15) is 49.5 Å². The third-order valence-electron chi connectivity index (χ3n) is 5.79. The highest BCUT2D eigenvalue weighted by molar-refractivity contribution is 5.99. The number of carbonyl (C=O) groups is 1. The van der Waals surface area contributed by atoms with Crippen molar-refractivity contribution in [1.29, 1.82) is 0 Å². The highest BCUT2D eigenvalue weighted by Crippen LogP contribution is 2.24. The van der Waals surface area contributed by atoms with Crippen molar-refractivity contribution in [3.63, 3.8) is 0 Å². The molecule has 1 N–H and O–H groups in total. The van der Waals surface area contributed by atoms with Crippen molar-refractivity contribution >= 4 is 16.7 Å². The first-order valence-electron chi connectivity index (χ1n) is 10.8. The van der Waals surface area contributed by atoms with Gasteiger partial charge < -0.3 is 14.9 Å². The van der Waals surface area contributed by atoms with Gasteiger partial charge in [0.2, 0.25) is 0 Å². The van der Waals surface area contributed by atoms with Crippen molar-refractivity contribution in [3.05, 3.63) is 47.5 Å². The lowest BCUT2D eigenvalue weighted by Crippen LogP contribution is -2.42. The van der Waals surface area contributed by atoms with Gasteiger partial charge in [0.15, 0.2) is 0 Å². The van der Waals surface area contributed by atoms with Gasteiger partial charge in [-0.1, -0.05) is 30.0 Å². The second kappa shape index (κ2) is 9.20. The molecule has 160 valence electrons. The Bertz CT molecular complexity index is 962. The van der Waals surface area contributed by atoms with Crippen LogP contribution in [0.15, 0.2) is 36.4 Å². The van der Waals surface area contributed by atoms with Gasteiger partial charge in [-0.15, -0.1) is 0 Å². The van der Waals surface area contributed by atoms with Gasteiger partial charge in [0.1, 0.15) is 0 Å². The Balaban J connectivity index is 1.91. The van der Waals surface area contributed by atoms with Crippen molar-refractivity contribution in [2.45, 2.75) is 39.7 Å². The van der Waals surface area contributed by atoms with Crippen LogP contribution in [-0.4, -0.2) is 60.6 Å². The van der Waals surface area contributed by atoms with Crippen LogP contribution in [0, 0.1) is 23.2 Å². The molecule has 0 unspecified atom stereocenters. The van der Waals surface area contributed by atoms with E-state index in [1.807, 2.05) is 41.3 Å². The number of amides is 1. The zero-order valence-electron chi connectivity index (χ0n) is 18.9. The van der Waals surface area contributed by atoms with E-state index < -0.39 is 0 Å². The Kier molecular flexibility index (Phi) is 6.85.